The molecule has 1 aromatic heterocycles. The number of hydrogen-bond donors (Lipinski definition) is 1. The monoisotopic (exact) mass is 437 g/mol. The zero-order valence-electron chi connectivity index (χ0n) is 20.7. The van der Waals surface area contributed by atoms with Gasteiger partial charge in [-0.15, -0.1) is 0 Å². The first-order valence-corrected chi connectivity index (χ1v) is 12.2. The number of anilines is 2. The van der Waals surface area contributed by atoms with Crippen LogP contribution < -0.4 is 15.1 Å². The molecule has 1 aliphatic carbocycles. The Morgan fingerprint density at radius 1 is 1.12 bits per heavy atom. The highest BCUT2D eigenvalue weighted by atomic mass is 15.2. The van der Waals surface area contributed by atoms with E-state index in [1.54, 1.807) is 5.57 Å². The maximum atomic E-state index is 4.76. The van der Waals surface area contributed by atoms with Gasteiger partial charge in [0.2, 0.25) is 0 Å². The number of nitrogens with one attached hydrogen (secondary N) is 1. The van der Waals surface area contributed by atoms with E-state index < -0.39 is 0 Å². The number of piperazine rings is 1. The van der Waals surface area contributed by atoms with Gasteiger partial charge in [-0.3, -0.25) is 0 Å². The van der Waals surface area contributed by atoms with Crippen LogP contribution in [0.1, 0.15) is 45.8 Å². The van der Waals surface area contributed by atoms with Crippen molar-refractivity contribution in [3.05, 3.63) is 47.3 Å². The minimum absolute atomic E-state index is 0. The molecule has 0 bridgehead atoms. The van der Waals surface area contributed by atoms with Crippen LogP contribution in [0.3, 0.4) is 0 Å². The van der Waals surface area contributed by atoms with Crippen LogP contribution in [0, 0.1) is 18.3 Å². The largest absolute Gasteiger partial charge is 0.372 e. The van der Waals surface area contributed by atoms with Crippen molar-refractivity contribution >= 4 is 17.6 Å². The highest BCUT2D eigenvalue weighted by molar-refractivity contribution is 5.76. The fourth-order valence-electron chi connectivity index (χ4n) is 5.76. The minimum Gasteiger partial charge on any atom is -0.372 e. The second-order valence-corrected chi connectivity index (χ2v) is 10.5. The normalized spacial score (nSPS) is 21.8. The molecule has 3 heterocycles. The van der Waals surface area contributed by atoms with Crippen LogP contribution in [0.5, 0.6) is 0 Å². The Morgan fingerprint density at radius 3 is 2.41 bits per heavy atom. The van der Waals surface area contributed by atoms with Crippen molar-refractivity contribution in [2.24, 2.45) is 11.3 Å². The molecule has 0 saturated carbocycles. The van der Waals surface area contributed by atoms with Crippen LogP contribution in [-0.2, 0) is 0 Å². The first kappa shape index (κ1) is 22.9. The number of rotatable bonds is 5. The summed E-state index contributed by atoms with van der Waals surface area (Å²) in [4.78, 5) is 12.0. The molecule has 32 heavy (non-hydrogen) atoms. The van der Waals surface area contributed by atoms with Gasteiger partial charge in [0.1, 0.15) is 5.82 Å². The maximum absolute atomic E-state index is 4.76. The SMILES string of the molecule is C=Cc1c(N2CCC(C3=CC=C(N4CCNCC4)CC3(C)C)CC2)cc(C)nc1N(C)C.[HH]. The van der Waals surface area contributed by atoms with Crippen molar-refractivity contribution in [2.75, 3.05) is 63.2 Å². The molecule has 0 atom stereocenters. The van der Waals surface area contributed by atoms with Crippen molar-refractivity contribution < 1.29 is 1.43 Å². The minimum atomic E-state index is 0. The van der Waals surface area contributed by atoms with Gasteiger partial charge in [0.15, 0.2) is 0 Å². The maximum Gasteiger partial charge on any atom is 0.137 e. The summed E-state index contributed by atoms with van der Waals surface area (Å²) in [6.07, 6.45) is 10.4. The molecule has 2 fully saturated rings. The molecule has 2 saturated heterocycles. The summed E-state index contributed by atoms with van der Waals surface area (Å²) in [5, 5.41) is 3.47. The van der Waals surface area contributed by atoms with Gasteiger partial charge in [-0.05, 0) is 49.7 Å². The Kier molecular flexibility index (Phi) is 6.66. The molecule has 2 aliphatic heterocycles. The lowest BCUT2D eigenvalue weighted by Gasteiger charge is -2.44. The molecule has 0 amide bonds. The zero-order chi connectivity index (χ0) is 22.9. The number of aromatic nitrogens is 1. The Bertz CT molecular complexity index is 903. The zero-order valence-corrected chi connectivity index (χ0v) is 20.7. The topological polar surface area (TPSA) is 34.6 Å². The molecule has 5 nitrogen and oxygen atoms in total. The smallest absolute Gasteiger partial charge is 0.137 e. The number of piperidine rings is 1. The average molecular weight is 438 g/mol. The molecule has 4 rings (SSSR count). The van der Waals surface area contributed by atoms with Gasteiger partial charge >= 0.3 is 0 Å². The van der Waals surface area contributed by atoms with Crippen molar-refractivity contribution in [1.82, 2.24) is 15.2 Å². The van der Waals surface area contributed by atoms with Crippen molar-refractivity contribution in [3.8, 4) is 0 Å². The van der Waals surface area contributed by atoms with E-state index in [0.717, 1.165) is 62.8 Å². The van der Waals surface area contributed by atoms with E-state index in [1.807, 2.05) is 6.08 Å². The number of allylic oxidation sites excluding steroid dienone is 4. The van der Waals surface area contributed by atoms with E-state index >= 15 is 0 Å². The van der Waals surface area contributed by atoms with Crippen LogP contribution in [0.4, 0.5) is 11.5 Å². The van der Waals surface area contributed by atoms with Gasteiger partial charge in [0.25, 0.3) is 0 Å². The second kappa shape index (κ2) is 9.30. The summed E-state index contributed by atoms with van der Waals surface area (Å²) in [5.74, 6) is 1.68. The van der Waals surface area contributed by atoms with Crippen LogP contribution in [0.2, 0.25) is 0 Å². The predicted molar refractivity (Wildman–Crippen MR) is 139 cm³/mol. The third kappa shape index (κ3) is 4.59. The quantitative estimate of drug-likeness (QED) is 0.722. The first-order valence-electron chi connectivity index (χ1n) is 12.2. The van der Waals surface area contributed by atoms with Crippen LogP contribution >= 0.6 is 0 Å². The van der Waals surface area contributed by atoms with Gasteiger partial charge in [-0.2, -0.15) is 0 Å². The molecular formula is C27H43N5. The van der Waals surface area contributed by atoms with Crippen LogP contribution in [-0.4, -0.2) is 63.2 Å². The third-order valence-corrected chi connectivity index (χ3v) is 7.43. The van der Waals surface area contributed by atoms with E-state index in [9.17, 15) is 0 Å². The fraction of sp³-hybridized carbons (Fsp3) is 0.593. The van der Waals surface area contributed by atoms with Gasteiger partial charge < -0.3 is 20.0 Å². The van der Waals surface area contributed by atoms with E-state index in [4.69, 9.17) is 4.98 Å². The fourth-order valence-corrected chi connectivity index (χ4v) is 5.76. The number of aryl methyl sites for hydroxylation is 1. The first-order chi connectivity index (χ1) is 15.3. The molecule has 0 aromatic carbocycles. The molecular weight excluding hydrogens is 394 g/mol. The molecule has 1 aromatic rings. The summed E-state index contributed by atoms with van der Waals surface area (Å²) in [7, 11) is 4.12. The number of nitrogens with zero attached hydrogens (tertiary/aromatic N) is 4. The Hall–Kier alpha value is -2.27. The Labute approximate surface area is 196 Å². The standard InChI is InChI=1S/C27H41N5.H2/c1-7-23-25(18-20(2)29-26(23)30(5)6)32-14-10-21(11-15-32)24-9-8-22(19-27(24,3)4)31-16-12-28-13-17-31;/h7-9,18,21,28H,1,10-17,19H2,2-6H3;1H. The summed E-state index contributed by atoms with van der Waals surface area (Å²) in [6.45, 7) is 17.7. The molecule has 1 N–H and O–H groups in total. The molecule has 0 radical (unpaired) electrons. The van der Waals surface area contributed by atoms with E-state index in [0.29, 0.717) is 5.92 Å². The summed E-state index contributed by atoms with van der Waals surface area (Å²) in [6, 6.07) is 2.23. The molecule has 176 valence electrons. The van der Waals surface area contributed by atoms with Crippen molar-refractivity contribution in [3.63, 3.8) is 0 Å². The molecule has 3 aliphatic rings. The number of hydrogen-bond acceptors (Lipinski definition) is 5. The summed E-state index contributed by atoms with van der Waals surface area (Å²) in [5.41, 5.74) is 6.92. The molecule has 0 unspecified atom stereocenters. The average Bonchev–Trinajstić information content (AvgIpc) is 2.78. The third-order valence-electron chi connectivity index (χ3n) is 7.43. The van der Waals surface area contributed by atoms with E-state index in [1.165, 1.54) is 24.2 Å². The summed E-state index contributed by atoms with van der Waals surface area (Å²) >= 11 is 0. The Balaban J connectivity index is 0.00000306. The second-order valence-electron chi connectivity index (χ2n) is 10.5. The predicted octanol–water partition coefficient (Wildman–Crippen LogP) is 4.71. The van der Waals surface area contributed by atoms with Crippen molar-refractivity contribution in [2.45, 2.75) is 40.0 Å². The van der Waals surface area contributed by atoms with Crippen molar-refractivity contribution in [1.29, 1.82) is 0 Å². The van der Waals surface area contributed by atoms with Gasteiger partial charge in [0.05, 0.1) is 0 Å². The van der Waals surface area contributed by atoms with Crippen LogP contribution in [0.25, 0.3) is 6.08 Å². The van der Waals surface area contributed by atoms with Crippen LogP contribution in [0.15, 0.2) is 36.1 Å². The Morgan fingerprint density at radius 2 is 1.81 bits per heavy atom. The molecule has 5 heteroatoms. The lowest BCUT2D eigenvalue weighted by molar-refractivity contribution is 0.251. The van der Waals surface area contributed by atoms with Gasteiger partial charge in [-0.25, -0.2) is 4.98 Å². The van der Waals surface area contributed by atoms with Gasteiger partial charge in [0, 0.05) is 77.4 Å². The lowest BCUT2D eigenvalue weighted by atomic mass is 9.69. The molecule has 0 spiro atoms. The van der Waals surface area contributed by atoms with E-state index in [2.05, 4.69) is 79.7 Å². The summed E-state index contributed by atoms with van der Waals surface area (Å²) < 4.78 is 0. The highest BCUT2D eigenvalue weighted by Gasteiger charge is 2.35. The number of pyridine rings is 1. The highest BCUT2D eigenvalue weighted by Crippen LogP contribution is 2.45. The van der Waals surface area contributed by atoms with E-state index in [-0.39, 0.29) is 6.84 Å². The van der Waals surface area contributed by atoms with Gasteiger partial charge in [-0.1, -0.05) is 38.2 Å². The lowest BCUT2D eigenvalue weighted by Crippen LogP contribution is -2.44.